The molecule has 0 aromatic rings. The van der Waals surface area contributed by atoms with Crippen molar-refractivity contribution in [1.82, 2.24) is 0 Å². The maximum Gasteiger partial charge on any atom is -0.358 e. The Bertz CT molecular complexity index is 145. The SMILES string of the molecule is CC(C)[N-]/C=C\[N-]C(C)C.CCC[N]=[W].[CH3-].[CH3-]. The molecule has 0 aliphatic heterocycles. The molecular formula is C13H29N3W-4. The van der Waals surface area contributed by atoms with Crippen molar-refractivity contribution in [2.45, 2.75) is 53.1 Å². The van der Waals surface area contributed by atoms with Crippen LogP contribution in [0.4, 0.5) is 0 Å². The number of hydrogen-bond acceptors (Lipinski definition) is 1. The van der Waals surface area contributed by atoms with Crippen LogP contribution in [0.2, 0.25) is 0 Å². The molecule has 0 N–H and O–H groups in total. The number of nitrogens with zero attached hydrogens (tertiary/aromatic N) is 3. The molecule has 17 heavy (non-hydrogen) atoms. The molecule has 0 aromatic heterocycles. The van der Waals surface area contributed by atoms with Gasteiger partial charge in [-0.05, 0) is 0 Å². The molecule has 0 amide bonds. The third kappa shape index (κ3) is 38.8. The summed E-state index contributed by atoms with van der Waals surface area (Å²) in [6, 6.07) is 0.747. The second kappa shape index (κ2) is 21.1. The zero-order valence-electron chi connectivity index (χ0n) is 12.5. The van der Waals surface area contributed by atoms with E-state index in [0.29, 0.717) is 12.1 Å². The maximum absolute atomic E-state index is 4.12. The molecule has 0 aromatic carbocycles. The molecule has 0 heterocycles. The molecule has 0 bridgehead atoms. The Hall–Kier alpha value is -0.172. The van der Waals surface area contributed by atoms with Gasteiger partial charge in [0, 0.05) is 0 Å². The third-order valence-electron chi connectivity index (χ3n) is 1.15. The van der Waals surface area contributed by atoms with E-state index in [1.807, 2.05) is 27.7 Å². The van der Waals surface area contributed by atoms with Gasteiger partial charge in [-0.2, -0.15) is 0 Å². The Balaban J connectivity index is -0.000000105. The smallest absolute Gasteiger partial charge is 0.358 e. The summed E-state index contributed by atoms with van der Waals surface area (Å²) in [4.78, 5) is 0. The quantitative estimate of drug-likeness (QED) is 0.549. The van der Waals surface area contributed by atoms with Crippen LogP contribution in [-0.2, 0) is 19.6 Å². The minimum Gasteiger partial charge on any atom is -0.358 e. The van der Waals surface area contributed by atoms with Crippen molar-refractivity contribution in [3.8, 4) is 0 Å². The minimum absolute atomic E-state index is 0. The summed E-state index contributed by atoms with van der Waals surface area (Å²) in [7, 11) is 0. The second-order valence-electron chi connectivity index (χ2n) is 3.64. The summed E-state index contributed by atoms with van der Waals surface area (Å²) < 4.78 is 3.94. The first-order valence-electron chi connectivity index (χ1n) is 5.38. The van der Waals surface area contributed by atoms with Gasteiger partial charge in [0.1, 0.15) is 0 Å². The average molecular weight is 411 g/mol. The van der Waals surface area contributed by atoms with E-state index < -0.39 is 0 Å². The van der Waals surface area contributed by atoms with E-state index in [0.717, 1.165) is 6.54 Å². The Morgan fingerprint density at radius 3 is 1.47 bits per heavy atom. The van der Waals surface area contributed by atoms with Gasteiger partial charge in [0.25, 0.3) is 0 Å². The van der Waals surface area contributed by atoms with Crippen molar-refractivity contribution < 1.29 is 19.6 Å². The first kappa shape index (κ1) is 25.6. The molecule has 0 fully saturated rings. The van der Waals surface area contributed by atoms with Crippen LogP contribution in [0.25, 0.3) is 10.6 Å². The van der Waals surface area contributed by atoms with Crippen LogP contribution in [-0.4, -0.2) is 18.6 Å². The van der Waals surface area contributed by atoms with Crippen LogP contribution < -0.4 is 0 Å². The summed E-state index contributed by atoms with van der Waals surface area (Å²) >= 11 is 1.35. The molecule has 0 aliphatic carbocycles. The normalized spacial score (nSPS) is 8.88. The van der Waals surface area contributed by atoms with E-state index in [1.165, 1.54) is 26.1 Å². The van der Waals surface area contributed by atoms with E-state index in [9.17, 15) is 0 Å². The summed E-state index contributed by atoms with van der Waals surface area (Å²) in [5, 5.41) is 8.24. The molecule has 0 spiro atoms. The van der Waals surface area contributed by atoms with Gasteiger partial charge in [-0.3, -0.25) is 0 Å². The van der Waals surface area contributed by atoms with Gasteiger partial charge < -0.3 is 25.5 Å². The summed E-state index contributed by atoms with van der Waals surface area (Å²) in [5.74, 6) is 0. The Morgan fingerprint density at radius 1 is 1.00 bits per heavy atom. The summed E-state index contributed by atoms with van der Waals surface area (Å²) in [6.07, 6.45) is 4.71. The molecule has 0 saturated carbocycles. The summed E-state index contributed by atoms with van der Waals surface area (Å²) in [5.41, 5.74) is 0. The monoisotopic (exact) mass is 411 g/mol. The molecule has 0 atom stereocenters. The molecule has 106 valence electrons. The summed E-state index contributed by atoms with van der Waals surface area (Å²) in [6.45, 7) is 11.3. The van der Waals surface area contributed by atoms with Crippen LogP contribution in [0.3, 0.4) is 0 Å². The van der Waals surface area contributed by atoms with Crippen molar-refractivity contribution in [1.29, 1.82) is 0 Å². The maximum atomic E-state index is 4.12. The van der Waals surface area contributed by atoms with Gasteiger partial charge in [-0.15, -0.1) is 12.1 Å². The molecule has 0 unspecified atom stereocenters. The van der Waals surface area contributed by atoms with E-state index >= 15 is 0 Å². The molecule has 4 heteroatoms. The molecular weight excluding hydrogens is 382 g/mol. The van der Waals surface area contributed by atoms with Crippen molar-refractivity contribution >= 4 is 0 Å². The van der Waals surface area contributed by atoms with E-state index in [2.05, 4.69) is 21.1 Å². The molecule has 0 rings (SSSR count). The minimum atomic E-state index is 0. The number of rotatable bonds is 6. The standard InChI is InChI=1S/C8H16N2.C3H7N.2CH3.W/c1-7(2)9-5-6-10-8(3)4;1-2-3-4;;;/h5-8H,1-4H3;2-3H2,1H3;2*1H3;/q-2;;2*-1;/b6-5-;;;;. The van der Waals surface area contributed by atoms with Crippen molar-refractivity contribution in [3.05, 3.63) is 37.9 Å². The van der Waals surface area contributed by atoms with E-state index in [-0.39, 0.29) is 14.9 Å². The van der Waals surface area contributed by atoms with Gasteiger partial charge in [-0.25, -0.2) is 12.4 Å². The fourth-order valence-corrected chi connectivity index (χ4v) is 1.17. The first-order chi connectivity index (χ1) is 7.04. The Labute approximate surface area is 121 Å². The topological polar surface area (TPSA) is 40.6 Å². The van der Waals surface area contributed by atoms with Crippen molar-refractivity contribution in [2.75, 3.05) is 6.54 Å². The van der Waals surface area contributed by atoms with Crippen LogP contribution in [0.5, 0.6) is 0 Å². The van der Waals surface area contributed by atoms with Gasteiger partial charge in [0.05, 0.1) is 0 Å². The predicted molar refractivity (Wildman–Crippen MR) is 76.5 cm³/mol. The fourth-order valence-electron chi connectivity index (χ4n) is 0.513. The first-order valence-corrected chi connectivity index (χ1v) is 6.69. The van der Waals surface area contributed by atoms with Crippen LogP contribution in [0, 0.1) is 14.9 Å². The van der Waals surface area contributed by atoms with Gasteiger partial charge >= 0.3 is 43.0 Å². The van der Waals surface area contributed by atoms with E-state index in [1.54, 1.807) is 12.4 Å². The fraction of sp³-hybridized carbons (Fsp3) is 0.692. The van der Waals surface area contributed by atoms with Crippen molar-refractivity contribution in [3.63, 3.8) is 0 Å². The van der Waals surface area contributed by atoms with Gasteiger partial charge in [-0.1, -0.05) is 27.7 Å². The Kier molecular flexibility index (Phi) is 31.9. The molecule has 0 radical (unpaired) electrons. The predicted octanol–water partition coefficient (Wildman–Crippen LogP) is 5.05. The third-order valence-corrected chi connectivity index (χ3v) is 1.81. The zero-order chi connectivity index (χ0) is 12.1. The van der Waals surface area contributed by atoms with E-state index in [4.69, 9.17) is 0 Å². The van der Waals surface area contributed by atoms with Crippen LogP contribution >= 0.6 is 0 Å². The van der Waals surface area contributed by atoms with Crippen LogP contribution in [0.1, 0.15) is 41.0 Å². The van der Waals surface area contributed by atoms with Gasteiger partial charge in [0.15, 0.2) is 0 Å². The van der Waals surface area contributed by atoms with Crippen molar-refractivity contribution in [2.24, 2.45) is 3.50 Å². The second-order valence-corrected chi connectivity index (χ2v) is 4.56. The molecule has 0 aliphatic rings. The average Bonchev–Trinajstić information content (AvgIpc) is 2.14. The largest absolute Gasteiger partial charge is 0.358 e. The zero-order valence-corrected chi connectivity index (χ0v) is 15.4. The van der Waals surface area contributed by atoms with Gasteiger partial charge in [0.2, 0.25) is 0 Å². The Morgan fingerprint density at radius 2 is 1.35 bits per heavy atom. The van der Waals surface area contributed by atoms with Crippen LogP contribution in [0.15, 0.2) is 15.9 Å². The molecule has 0 saturated heterocycles. The number of hydrogen-bond donors (Lipinski definition) is 0. The molecule has 3 nitrogen and oxygen atoms in total.